The summed E-state index contributed by atoms with van der Waals surface area (Å²) in [6.45, 7) is 2.00. The minimum atomic E-state index is -4.52. The van der Waals surface area contributed by atoms with Gasteiger partial charge in [-0.1, -0.05) is 72.8 Å². The van der Waals surface area contributed by atoms with Crippen molar-refractivity contribution in [3.63, 3.8) is 0 Å². The molecule has 0 amide bonds. The second-order valence-corrected chi connectivity index (χ2v) is 10.0. The van der Waals surface area contributed by atoms with Crippen molar-refractivity contribution in [2.45, 2.75) is 26.1 Å². The number of nitrogens with zero attached hydrogens (tertiary/aromatic N) is 2. The molecule has 0 bridgehead atoms. The average molecular weight is 550 g/mol. The Hall–Kier alpha value is -4.91. The molecule has 4 aromatic carbocycles. The highest BCUT2D eigenvalue weighted by Gasteiger charge is 2.33. The summed E-state index contributed by atoms with van der Waals surface area (Å²) < 4.78 is 43.4. The molecule has 7 heteroatoms. The van der Waals surface area contributed by atoms with Crippen molar-refractivity contribution in [2.75, 3.05) is 5.32 Å². The van der Waals surface area contributed by atoms with Crippen molar-refractivity contribution in [1.82, 2.24) is 9.55 Å². The number of rotatable bonds is 6. The normalized spacial score (nSPS) is 11.7. The van der Waals surface area contributed by atoms with Gasteiger partial charge in [0.2, 0.25) is 5.91 Å². The molecule has 2 aromatic heterocycles. The van der Waals surface area contributed by atoms with Crippen LogP contribution in [0.2, 0.25) is 0 Å². The first-order valence-corrected chi connectivity index (χ1v) is 13.3. The fourth-order valence-electron chi connectivity index (χ4n) is 5.42. The van der Waals surface area contributed by atoms with E-state index in [0.29, 0.717) is 18.4 Å². The van der Waals surface area contributed by atoms with Gasteiger partial charge in [-0.15, -0.1) is 0 Å². The van der Waals surface area contributed by atoms with E-state index in [2.05, 4.69) is 10.3 Å². The van der Waals surface area contributed by atoms with Crippen molar-refractivity contribution in [1.29, 1.82) is 0 Å². The first kappa shape index (κ1) is 26.3. The number of nitrogens with one attached hydrogen (secondary N) is 1. The standard InChI is InChI=1S/C34H26F3N3O/c1-22(41)40-21-26(28-13-5-6-16-31(28)40)20-38-27-12-7-11-24(18-27)32-25(17-23-9-3-2-4-10-23)19-39-33-29(32)14-8-15-30(33)34(35,36)37/h2-16,18-19,21,38H,17,20H2,1H3. The Balaban J connectivity index is 1.42. The Morgan fingerprint density at radius 1 is 0.854 bits per heavy atom. The van der Waals surface area contributed by atoms with Crippen molar-refractivity contribution >= 4 is 33.4 Å². The minimum absolute atomic E-state index is 0.0665. The fraction of sp³-hybridized carbons (Fsp3) is 0.118. The molecule has 41 heavy (non-hydrogen) atoms. The van der Waals surface area contributed by atoms with E-state index in [1.165, 1.54) is 13.0 Å². The van der Waals surface area contributed by atoms with Gasteiger partial charge in [0.1, 0.15) is 0 Å². The number of hydrogen-bond acceptors (Lipinski definition) is 3. The number of alkyl halides is 3. The van der Waals surface area contributed by atoms with Crippen molar-refractivity contribution < 1.29 is 18.0 Å². The Morgan fingerprint density at radius 2 is 1.59 bits per heavy atom. The highest BCUT2D eigenvalue weighted by atomic mass is 19.4. The first-order valence-electron chi connectivity index (χ1n) is 13.3. The number of aromatic nitrogens is 2. The van der Waals surface area contributed by atoms with Gasteiger partial charge in [-0.05, 0) is 58.5 Å². The molecule has 0 unspecified atom stereocenters. The number of pyridine rings is 1. The molecule has 6 aromatic rings. The van der Waals surface area contributed by atoms with Gasteiger partial charge in [-0.2, -0.15) is 13.2 Å². The average Bonchev–Trinajstić information content (AvgIpc) is 3.35. The van der Waals surface area contributed by atoms with Crippen LogP contribution in [-0.4, -0.2) is 15.5 Å². The van der Waals surface area contributed by atoms with Crippen LogP contribution in [0.4, 0.5) is 18.9 Å². The van der Waals surface area contributed by atoms with Gasteiger partial charge < -0.3 is 5.32 Å². The molecule has 2 heterocycles. The largest absolute Gasteiger partial charge is 0.418 e. The molecular formula is C34H26F3N3O. The van der Waals surface area contributed by atoms with Crippen LogP contribution in [0.3, 0.4) is 0 Å². The van der Waals surface area contributed by atoms with E-state index in [4.69, 9.17) is 0 Å². The molecule has 4 nitrogen and oxygen atoms in total. The maximum absolute atomic E-state index is 13.9. The van der Waals surface area contributed by atoms with Crippen LogP contribution in [0.5, 0.6) is 0 Å². The van der Waals surface area contributed by atoms with E-state index in [0.717, 1.165) is 50.5 Å². The van der Waals surface area contributed by atoms with E-state index in [1.807, 2.05) is 85.1 Å². The topological polar surface area (TPSA) is 46.9 Å². The summed E-state index contributed by atoms with van der Waals surface area (Å²) >= 11 is 0. The number of carbonyl (C=O) groups excluding carboxylic acids is 1. The van der Waals surface area contributed by atoms with Gasteiger partial charge in [0.15, 0.2) is 0 Å². The van der Waals surface area contributed by atoms with Crippen LogP contribution in [0.1, 0.15) is 34.0 Å². The third-order valence-corrected chi connectivity index (χ3v) is 7.29. The zero-order valence-electron chi connectivity index (χ0n) is 22.2. The SMILES string of the molecule is CC(=O)n1cc(CNc2cccc(-c3c(Cc4ccccc4)cnc4c(C(F)(F)F)cccc34)c2)c2ccccc21. The fourth-order valence-corrected chi connectivity index (χ4v) is 5.42. The molecule has 0 saturated carbocycles. The van der Waals surface area contributed by atoms with Gasteiger partial charge >= 0.3 is 6.18 Å². The zero-order chi connectivity index (χ0) is 28.6. The third-order valence-electron chi connectivity index (χ3n) is 7.29. The Labute approximate surface area is 235 Å². The number of benzene rings is 4. The zero-order valence-corrected chi connectivity index (χ0v) is 22.2. The van der Waals surface area contributed by atoms with Crippen molar-refractivity contribution in [2.24, 2.45) is 0 Å². The summed E-state index contributed by atoms with van der Waals surface area (Å²) in [6.07, 6.45) is -0.585. The second-order valence-electron chi connectivity index (χ2n) is 10.0. The van der Waals surface area contributed by atoms with Crippen molar-refractivity contribution in [3.8, 4) is 11.1 Å². The highest BCUT2D eigenvalue weighted by Crippen LogP contribution is 2.39. The molecule has 0 aliphatic carbocycles. The summed E-state index contributed by atoms with van der Waals surface area (Å²) in [5, 5.41) is 4.88. The van der Waals surface area contributed by atoms with E-state index in [1.54, 1.807) is 16.8 Å². The number of para-hydroxylation sites is 2. The second kappa shape index (κ2) is 10.6. The molecule has 0 aliphatic rings. The number of hydrogen-bond donors (Lipinski definition) is 1. The molecule has 0 spiro atoms. The lowest BCUT2D eigenvalue weighted by molar-refractivity contribution is -0.136. The van der Waals surface area contributed by atoms with E-state index >= 15 is 0 Å². The lowest BCUT2D eigenvalue weighted by Gasteiger charge is -2.17. The van der Waals surface area contributed by atoms with Gasteiger partial charge in [0, 0.05) is 42.3 Å². The number of halogens is 3. The molecule has 0 atom stereocenters. The number of fused-ring (bicyclic) bond motifs is 2. The van der Waals surface area contributed by atoms with Gasteiger partial charge in [0.05, 0.1) is 16.6 Å². The number of anilines is 1. The molecular weight excluding hydrogens is 523 g/mol. The number of carbonyl (C=O) groups is 1. The molecule has 1 N–H and O–H groups in total. The van der Waals surface area contributed by atoms with Crippen LogP contribution in [0.15, 0.2) is 109 Å². The monoisotopic (exact) mass is 549 g/mol. The van der Waals surface area contributed by atoms with Gasteiger partial charge in [-0.25, -0.2) is 0 Å². The third kappa shape index (κ3) is 5.18. The highest BCUT2D eigenvalue weighted by molar-refractivity contribution is 5.98. The van der Waals surface area contributed by atoms with E-state index in [9.17, 15) is 18.0 Å². The first-order chi connectivity index (χ1) is 19.8. The summed E-state index contributed by atoms with van der Waals surface area (Å²) in [6, 6.07) is 29.5. The molecule has 0 fully saturated rings. The maximum Gasteiger partial charge on any atom is 0.418 e. The molecule has 204 valence electrons. The quantitative estimate of drug-likeness (QED) is 0.226. The summed E-state index contributed by atoms with van der Waals surface area (Å²) in [5.41, 5.74) is 5.20. The summed E-state index contributed by atoms with van der Waals surface area (Å²) in [7, 11) is 0. The molecule has 0 aliphatic heterocycles. The maximum atomic E-state index is 13.9. The summed E-state index contributed by atoms with van der Waals surface area (Å²) in [5.74, 6) is -0.0665. The van der Waals surface area contributed by atoms with E-state index in [-0.39, 0.29) is 11.4 Å². The summed E-state index contributed by atoms with van der Waals surface area (Å²) in [4.78, 5) is 16.5. The van der Waals surface area contributed by atoms with E-state index < -0.39 is 11.7 Å². The molecule has 6 rings (SSSR count). The predicted octanol–water partition coefficient (Wildman–Crippen LogP) is 8.74. The lowest BCUT2D eigenvalue weighted by Crippen LogP contribution is -2.07. The smallest absolute Gasteiger partial charge is 0.381 e. The van der Waals surface area contributed by atoms with Crippen LogP contribution >= 0.6 is 0 Å². The lowest BCUT2D eigenvalue weighted by atomic mass is 9.91. The Kier molecular flexibility index (Phi) is 6.79. The van der Waals surface area contributed by atoms with Gasteiger partial charge in [0.25, 0.3) is 0 Å². The van der Waals surface area contributed by atoms with Crippen LogP contribution in [-0.2, 0) is 19.1 Å². The van der Waals surface area contributed by atoms with Crippen LogP contribution in [0.25, 0.3) is 32.9 Å². The predicted molar refractivity (Wildman–Crippen MR) is 157 cm³/mol. The van der Waals surface area contributed by atoms with Crippen molar-refractivity contribution in [3.05, 3.63) is 132 Å². The Morgan fingerprint density at radius 3 is 2.37 bits per heavy atom. The van der Waals surface area contributed by atoms with Gasteiger partial charge in [-0.3, -0.25) is 14.3 Å². The van der Waals surface area contributed by atoms with Crippen LogP contribution < -0.4 is 5.32 Å². The van der Waals surface area contributed by atoms with Crippen LogP contribution in [0, 0.1) is 0 Å². The Bertz CT molecular complexity index is 1890. The molecule has 0 radical (unpaired) electrons. The minimum Gasteiger partial charge on any atom is -0.381 e. The molecule has 0 saturated heterocycles.